The molecule has 0 bridgehead atoms. The molecular weight excluding hydrogens is 202 g/mol. The topological polar surface area (TPSA) is 50.2 Å². The molecule has 1 rings (SSSR count). The number of carbonyl (C=O) groups is 1. The normalized spacial score (nSPS) is 10.6. The summed E-state index contributed by atoms with van der Waals surface area (Å²) in [6.45, 7) is 0. The van der Waals surface area contributed by atoms with Crippen LogP contribution in [0.3, 0.4) is 0 Å². The molecule has 1 aromatic heterocycles. The van der Waals surface area contributed by atoms with Crippen molar-refractivity contribution in [2.75, 3.05) is 5.88 Å². The van der Waals surface area contributed by atoms with Crippen LogP contribution in [-0.2, 0) is 0 Å². The van der Waals surface area contributed by atoms with Crippen molar-refractivity contribution in [3.8, 4) is 0 Å². The summed E-state index contributed by atoms with van der Waals surface area (Å²) in [6, 6.07) is 3.18. The maximum absolute atomic E-state index is 10.5. The standard InChI is InChI=1S/C10H10ClNO2/c11-6-2-1-3-9-5-4-8(7-12-9)10(13)14/h1,3-5,7H,2,6H2,(H,13,14). The number of halogens is 1. The predicted octanol–water partition coefficient (Wildman–Crippen LogP) is 2.42. The number of aromatic carboxylic acids is 1. The number of aromatic nitrogens is 1. The highest BCUT2D eigenvalue weighted by Crippen LogP contribution is 2.02. The van der Waals surface area contributed by atoms with Crippen LogP contribution in [0.15, 0.2) is 24.4 Å². The lowest BCUT2D eigenvalue weighted by Crippen LogP contribution is -1.96. The van der Waals surface area contributed by atoms with Gasteiger partial charge in [-0.2, -0.15) is 0 Å². The van der Waals surface area contributed by atoms with Gasteiger partial charge in [-0.05, 0) is 24.6 Å². The highest BCUT2D eigenvalue weighted by Gasteiger charge is 2.00. The molecule has 0 spiro atoms. The zero-order valence-electron chi connectivity index (χ0n) is 7.48. The molecule has 0 aliphatic heterocycles. The third-order valence-corrected chi connectivity index (χ3v) is 1.82. The van der Waals surface area contributed by atoms with E-state index in [0.29, 0.717) is 5.88 Å². The molecule has 0 aliphatic carbocycles. The number of nitrogens with zero attached hydrogens (tertiary/aromatic N) is 1. The lowest BCUT2D eigenvalue weighted by Gasteiger charge is -1.94. The lowest BCUT2D eigenvalue weighted by atomic mass is 10.2. The van der Waals surface area contributed by atoms with Gasteiger partial charge in [-0.25, -0.2) is 4.79 Å². The van der Waals surface area contributed by atoms with E-state index in [2.05, 4.69) is 4.98 Å². The molecule has 3 nitrogen and oxygen atoms in total. The Bertz CT molecular complexity index is 332. The molecule has 4 heteroatoms. The van der Waals surface area contributed by atoms with Gasteiger partial charge in [0.2, 0.25) is 0 Å². The average Bonchev–Trinajstić information content (AvgIpc) is 2.19. The first-order valence-corrected chi connectivity index (χ1v) is 4.69. The molecule has 0 unspecified atom stereocenters. The third kappa shape index (κ3) is 3.18. The summed E-state index contributed by atoms with van der Waals surface area (Å²) in [6.07, 6.45) is 5.83. The van der Waals surface area contributed by atoms with Gasteiger partial charge in [0.1, 0.15) is 0 Å². The Hall–Kier alpha value is -1.35. The van der Waals surface area contributed by atoms with E-state index in [1.165, 1.54) is 12.3 Å². The Morgan fingerprint density at radius 2 is 2.36 bits per heavy atom. The summed E-state index contributed by atoms with van der Waals surface area (Å²) >= 11 is 5.49. The molecule has 1 aromatic rings. The van der Waals surface area contributed by atoms with E-state index in [0.717, 1.165) is 12.1 Å². The first kappa shape index (κ1) is 10.7. The van der Waals surface area contributed by atoms with Crippen molar-refractivity contribution < 1.29 is 9.90 Å². The minimum absolute atomic E-state index is 0.194. The van der Waals surface area contributed by atoms with Gasteiger partial charge >= 0.3 is 5.97 Å². The molecule has 0 radical (unpaired) electrons. The molecule has 0 saturated heterocycles. The Balaban J connectivity index is 2.68. The van der Waals surface area contributed by atoms with Gasteiger partial charge in [0.15, 0.2) is 0 Å². The number of alkyl halides is 1. The Morgan fingerprint density at radius 3 is 2.86 bits per heavy atom. The first-order valence-electron chi connectivity index (χ1n) is 4.16. The van der Waals surface area contributed by atoms with Crippen molar-refractivity contribution >= 4 is 23.6 Å². The number of carboxylic acid groups (broad SMARTS) is 1. The molecule has 0 amide bonds. The summed E-state index contributed by atoms with van der Waals surface area (Å²) in [5.74, 6) is -0.391. The van der Waals surface area contributed by atoms with Gasteiger partial charge in [0, 0.05) is 12.1 Å². The van der Waals surface area contributed by atoms with Gasteiger partial charge in [-0.3, -0.25) is 4.98 Å². The van der Waals surface area contributed by atoms with Crippen LogP contribution in [-0.4, -0.2) is 21.9 Å². The monoisotopic (exact) mass is 211 g/mol. The molecule has 0 atom stereocenters. The van der Waals surface area contributed by atoms with Gasteiger partial charge in [-0.1, -0.05) is 6.08 Å². The Morgan fingerprint density at radius 1 is 1.57 bits per heavy atom. The fourth-order valence-electron chi connectivity index (χ4n) is 0.897. The minimum Gasteiger partial charge on any atom is -0.478 e. The summed E-state index contributed by atoms with van der Waals surface area (Å²) in [5, 5.41) is 8.61. The van der Waals surface area contributed by atoms with Crippen LogP contribution in [0.1, 0.15) is 22.5 Å². The van der Waals surface area contributed by atoms with E-state index < -0.39 is 5.97 Å². The second-order valence-electron chi connectivity index (χ2n) is 2.66. The van der Waals surface area contributed by atoms with Crippen molar-refractivity contribution in [2.45, 2.75) is 6.42 Å². The number of hydrogen-bond acceptors (Lipinski definition) is 2. The highest BCUT2D eigenvalue weighted by molar-refractivity contribution is 6.17. The quantitative estimate of drug-likeness (QED) is 0.779. The molecule has 1 N–H and O–H groups in total. The summed E-state index contributed by atoms with van der Waals surface area (Å²) in [7, 11) is 0. The van der Waals surface area contributed by atoms with E-state index >= 15 is 0 Å². The van der Waals surface area contributed by atoms with E-state index in [4.69, 9.17) is 16.7 Å². The van der Waals surface area contributed by atoms with Gasteiger partial charge < -0.3 is 5.11 Å². The molecule has 1 heterocycles. The fraction of sp³-hybridized carbons (Fsp3) is 0.200. The maximum Gasteiger partial charge on any atom is 0.337 e. The average molecular weight is 212 g/mol. The number of rotatable bonds is 4. The van der Waals surface area contributed by atoms with E-state index in [-0.39, 0.29) is 5.56 Å². The van der Waals surface area contributed by atoms with Gasteiger partial charge in [0.25, 0.3) is 0 Å². The lowest BCUT2D eigenvalue weighted by molar-refractivity contribution is 0.0696. The van der Waals surface area contributed by atoms with Gasteiger partial charge in [0.05, 0.1) is 11.3 Å². The molecule has 0 fully saturated rings. The second-order valence-corrected chi connectivity index (χ2v) is 3.03. The zero-order chi connectivity index (χ0) is 10.4. The van der Waals surface area contributed by atoms with Crippen molar-refractivity contribution in [1.29, 1.82) is 0 Å². The number of allylic oxidation sites excluding steroid dienone is 1. The molecule has 0 aromatic carbocycles. The number of pyridine rings is 1. The molecule has 0 saturated carbocycles. The van der Waals surface area contributed by atoms with Crippen LogP contribution in [0.2, 0.25) is 0 Å². The zero-order valence-corrected chi connectivity index (χ0v) is 8.24. The largest absolute Gasteiger partial charge is 0.478 e. The van der Waals surface area contributed by atoms with Gasteiger partial charge in [-0.15, -0.1) is 11.6 Å². The van der Waals surface area contributed by atoms with E-state index in [1.54, 1.807) is 6.07 Å². The van der Waals surface area contributed by atoms with Crippen LogP contribution in [0.25, 0.3) is 6.08 Å². The fourth-order valence-corrected chi connectivity index (χ4v) is 1.02. The van der Waals surface area contributed by atoms with E-state index in [9.17, 15) is 4.79 Å². The van der Waals surface area contributed by atoms with Crippen molar-refractivity contribution in [3.05, 3.63) is 35.7 Å². The van der Waals surface area contributed by atoms with Crippen LogP contribution >= 0.6 is 11.6 Å². The first-order chi connectivity index (χ1) is 6.74. The van der Waals surface area contributed by atoms with Crippen molar-refractivity contribution in [3.63, 3.8) is 0 Å². The third-order valence-electron chi connectivity index (χ3n) is 1.60. The second kappa shape index (κ2) is 5.40. The predicted molar refractivity (Wildman–Crippen MR) is 55.6 cm³/mol. The molecule has 14 heavy (non-hydrogen) atoms. The summed E-state index contributed by atoms with van der Waals surface area (Å²) in [5.41, 5.74) is 0.930. The van der Waals surface area contributed by atoms with Crippen molar-refractivity contribution in [1.82, 2.24) is 4.98 Å². The van der Waals surface area contributed by atoms with Crippen LogP contribution in [0.5, 0.6) is 0 Å². The van der Waals surface area contributed by atoms with Crippen LogP contribution in [0.4, 0.5) is 0 Å². The molecule has 0 aliphatic rings. The molecule has 74 valence electrons. The summed E-state index contributed by atoms with van der Waals surface area (Å²) in [4.78, 5) is 14.5. The highest BCUT2D eigenvalue weighted by atomic mass is 35.5. The maximum atomic E-state index is 10.5. The van der Waals surface area contributed by atoms with Crippen LogP contribution in [0, 0.1) is 0 Å². The summed E-state index contributed by atoms with van der Waals surface area (Å²) < 4.78 is 0. The number of hydrogen-bond donors (Lipinski definition) is 1. The number of carboxylic acids is 1. The molecular formula is C10H10ClNO2. The van der Waals surface area contributed by atoms with Crippen LogP contribution < -0.4 is 0 Å². The van der Waals surface area contributed by atoms with Crippen molar-refractivity contribution in [2.24, 2.45) is 0 Å². The van der Waals surface area contributed by atoms with E-state index in [1.807, 2.05) is 12.2 Å². The minimum atomic E-state index is -0.964. The smallest absolute Gasteiger partial charge is 0.337 e. The Kier molecular flexibility index (Phi) is 4.13. The SMILES string of the molecule is O=C(O)c1ccc(C=CCCCl)nc1. The Labute approximate surface area is 87.0 Å².